The standard InChI is InChI=1S/C25H34O3Si/c1-25(2,3)29(22-16-10-8-11-17-22,23-18-12-9-13-19-23)28-21-15-7-5-6-14-20-24(26)27-4/h8-13,15-19,21H,5-7,14,20H2,1-4H3/b21-15+. The topological polar surface area (TPSA) is 35.5 Å². The van der Waals surface area contributed by atoms with Crippen molar-refractivity contribution in [1.82, 2.24) is 0 Å². The van der Waals surface area contributed by atoms with Crippen LogP contribution in [0.2, 0.25) is 5.04 Å². The zero-order valence-corrected chi connectivity index (χ0v) is 19.2. The van der Waals surface area contributed by atoms with Crippen LogP contribution < -0.4 is 10.4 Å². The van der Waals surface area contributed by atoms with E-state index in [9.17, 15) is 4.79 Å². The third kappa shape index (κ3) is 6.07. The van der Waals surface area contributed by atoms with E-state index in [1.54, 1.807) is 0 Å². The summed E-state index contributed by atoms with van der Waals surface area (Å²) >= 11 is 0. The van der Waals surface area contributed by atoms with Gasteiger partial charge in [-0.25, -0.2) is 0 Å². The molecule has 2 aromatic rings. The molecule has 2 rings (SSSR count). The Morgan fingerprint density at radius 1 is 0.897 bits per heavy atom. The summed E-state index contributed by atoms with van der Waals surface area (Å²) in [5.74, 6) is -0.129. The van der Waals surface area contributed by atoms with Crippen LogP contribution in [0.4, 0.5) is 0 Å². The molecule has 2 aromatic carbocycles. The molecule has 0 aliphatic carbocycles. The summed E-state index contributed by atoms with van der Waals surface area (Å²) in [5, 5.41) is 2.53. The Hall–Kier alpha value is -2.33. The van der Waals surface area contributed by atoms with Crippen molar-refractivity contribution in [3.05, 3.63) is 73.0 Å². The molecule has 0 N–H and O–H groups in total. The summed E-state index contributed by atoms with van der Waals surface area (Å²) in [7, 11) is -1.05. The lowest BCUT2D eigenvalue weighted by Gasteiger charge is -2.41. The van der Waals surface area contributed by atoms with Gasteiger partial charge in [-0.15, -0.1) is 0 Å². The third-order valence-corrected chi connectivity index (χ3v) is 10.1. The van der Waals surface area contributed by atoms with Crippen LogP contribution in [0.1, 0.15) is 52.9 Å². The van der Waals surface area contributed by atoms with E-state index in [0.717, 1.165) is 25.7 Å². The highest BCUT2D eigenvalue weighted by Crippen LogP contribution is 2.36. The number of hydrogen-bond acceptors (Lipinski definition) is 3. The van der Waals surface area contributed by atoms with E-state index in [1.165, 1.54) is 17.5 Å². The Labute approximate surface area is 176 Å². The molecule has 0 bridgehead atoms. The number of rotatable bonds is 10. The van der Waals surface area contributed by atoms with Gasteiger partial charge in [-0.1, -0.05) is 93.9 Å². The van der Waals surface area contributed by atoms with Gasteiger partial charge in [0, 0.05) is 6.42 Å². The van der Waals surface area contributed by atoms with E-state index < -0.39 is 8.32 Å². The highest BCUT2D eigenvalue weighted by molar-refractivity contribution is 6.99. The summed E-state index contributed by atoms with van der Waals surface area (Å²) in [6.07, 6.45) is 8.40. The molecule has 0 spiro atoms. The van der Waals surface area contributed by atoms with E-state index in [2.05, 4.69) is 92.2 Å². The Kier molecular flexibility index (Phi) is 8.71. The van der Waals surface area contributed by atoms with Crippen molar-refractivity contribution in [2.45, 2.75) is 57.9 Å². The number of esters is 1. The first kappa shape index (κ1) is 23.0. The molecule has 4 heteroatoms. The van der Waals surface area contributed by atoms with E-state index >= 15 is 0 Å². The highest BCUT2D eigenvalue weighted by atomic mass is 28.4. The van der Waals surface area contributed by atoms with Crippen LogP contribution >= 0.6 is 0 Å². The van der Waals surface area contributed by atoms with Gasteiger partial charge in [0.15, 0.2) is 0 Å². The Morgan fingerprint density at radius 3 is 1.93 bits per heavy atom. The Balaban J connectivity index is 2.14. The zero-order chi connectivity index (χ0) is 21.2. The summed E-state index contributed by atoms with van der Waals surface area (Å²) in [6, 6.07) is 21.3. The van der Waals surface area contributed by atoms with Crippen molar-refractivity contribution < 1.29 is 14.0 Å². The molecule has 0 saturated carbocycles. The fraction of sp³-hybridized carbons (Fsp3) is 0.400. The van der Waals surface area contributed by atoms with E-state index in [-0.39, 0.29) is 11.0 Å². The van der Waals surface area contributed by atoms with Crippen LogP contribution in [0, 0.1) is 0 Å². The molecule has 0 radical (unpaired) electrons. The predicted octanol–water partition coefficient (Wildman–Crippen LogP) is 5.20. The largest absolute Gasteiger partial charge is 0.540 e. The molecule has 156 valence electrons. The Bertz CT molecular complexity index is 724. The molecule has 0 fully saturated rings. The van der Waals surface area contributed by atoms with Crippen LogP contribution in [0.5, 0.6) is 0 Å². The minimum Gasteiger partial charge on any atom is -0.540 e. The molecule has 0 heterocycles. The molecular weight excluding hydrogens is 376 g/mol. The van der Waals surface area contributed by atoms with E-state index in [1.807, 2.05) is 6.26 Å². The maximum Gasteiger partial charge on any atom is 0.319 e. The minimum atomic E-state index is -2.49. The lowest BCUT2D eigenvalue weighted by molar-refractivity contribution is -0.140. The van der Waals surface area contributed by atoms with Crippen molar-refractivity contribution in [3.63, 3.8) is 0 Å². The monoisotopic (exact) mass is 410 g/mol. The van der Waals surface area contributed by atoms with Gasteiger partial charge in [-0.3, -0.25) is 4.79 Å². The summed E-state index contributed by atoms with van der Waals surface area (Å²) < 4.78 is 11.4. The molecule has 0 aromatic heterocycles. The van der Waals surface area contributed by atoms with Crippen LogP contribution in [-0.4, -0.2) is 21.4 Å². The van der Waals surface area contributed by atoms with Gasteiger partial charge in [0.1, 0.15) is 0 Å². The molecule has 0 aliphatic rings. The van der Waals surface area contributed by atoms with Crippen molar-refractivity contribution >= 4 is 24.7 Å². The zero-order valence-electron chi connectivity index (χ0n) is 18.2. The summed E-state index contributed by atoms with van der Waals surface area (Å²) in [5.41, 5.74) is 0. The number of methoxy groups -OCH3 is 1. The second-order valence-corrected chi connectivity index (χ2v) is 12.6. The van der Waals surface area contributed by atoms with Crippen LogP contribution in [-0.2, 0) is 14.0 Å². The SMILES string of the molecule is COC(=O)CCCCC/C=C/O[Si](c1ccccc1)(c1ccccc1)C(C)(C)C. The van der Waals surface area contributed by atoms with Gasteiger partial charge < -0.3 is 9.16 Å². The Morgan fingerprint density at radius 2 is 1.45 bits per heavy atom. The normalized spacial score (nSPS) is 12.1. The third-order valence-electron chi connectivity index (χ3n) is 5.24. The van der Waals surface area contributed by atoms with Crippen LogP contribution in [0.25, 0.3) is 0 Å². The highest BCUT2D eigenvalue weighted by Gasteiger charge is 2.51. The van der Waals surface area contributed by atoms with Crippen molar-refractivity contribution in [2.24, 2.45) is 0 Å². The lowest BCUT2D eigenvalue weighted by Crippen LogP contribution is -2.65. The molecule has 0 atom stereocenters. The number of ether oxygens (including phenoxy) is 1. The van der Waals surface area contributed by atoms with Crippen molar-refractivity contribution in [2.75, 3.05) is 7.11 Å². The number of allylic oxidation sites excluding steroid dienone is 1. The first-order valence-electron chi connectivity index (χ1n) is 10.4. The number of carbonyl (C=O) groups is 1. The first-order chi connectivity index (χ1) is 13.9. The van der Waals surface area contributed by atoms with Gasteiger partial charge >= 0.3 is 14.3 Å². The number of benzene rings is 2. The molecule has 0 unspecified atom stereocenters. The maximum absolute atomic E-state index is 11.2. The molecule has 0 aliphatic heterocycles. The molecular formula is C25H34O3Si. The van der Waals surface area contributed by atoms with Crippen molar-refractivity contribution in [1.29, 1.82) is 0 Å². The van der Waals surface area contributed by atoms with Gasteiger partial charge in [0.2, 0.25) is 0 Å². The fourth-order valence-corrected chi connectivity index (χ4v) is 8.04. The lowest BCUT2D eigenvalue weighted by atomic mass is 10.1. The maximum atomic E-state index is 11.2. The van der Waals surface area contributed by atoms with Gasteiger partial charge in [-0.05, 0) is 34.7 Å². The van der Waals surface area contributed by atoms with Gasteiger partial charge in [0.05, 0.1) is 13.4 Å². The average molecular weight is 411 g/mol. The summed E-state index contributed by atoms with van der Waals surface area (Å²) in [4.78, 5) is 11.2. The van der Waals surface area contributed by atoms with Crippen LogP contribution in [0.3, 0.4) is 0 Å². The minimum absolute atomic E-state index is 0.0272. The second-order valence-electron chi connectivity index (χ2n) is 8.33. The quantitative estimate of drug-likeness (QED) is 0.234. The molecule has 0 amide bonds. The van der Waals surface area contributed by atoms with Crippen LogP contribution in [0.15, 0.2) is 73.0 Å². The summed E-state index contributed by atoms with van der Waals surface area (Å²) in [6.45, 7) is 6.83. The van der Waals surface area contributed by atoms with E-state index in [0.29, 0.717) is 6.42 Å². The molecule has 3 nitrogen and oxygen atoms in total. The molecule has 29 heavy (non-hydrogen) atoms. The second kappa shape index (κ2) is 11.0. The molecule has 0 saturated heterocycles. The smallest absolute Gasteiger partial charge is 0.319 e. The van der Waals surface area contributed by atoms with Gasteiger partial charge in [0.25, 0.3) is 0 Å². The number of carbonyl (C=O) groups excluding carboxylic acids is 1. The predicted molar refractivity (Wildman–Crippen MR) is 123 cm³/mol. The number of unbranched alkanes of at least 4 members (excludes halogenated alkanes) is 3. The van der Waals surface area contributed by atoms with Crippen molar-refractivity contribution in [3.8, 4) is 0 Å². The van der Waals surface area contributed by atoms with E-state index in [4.69, 9.17) is 4.43 Å². The number of hydrogen-bond donors (Lipinski definition) is 0. The average Bonchev–Trinajstić information content (AvgIpc) is 2.73. The first-order valence-corrected chi connectivity index (χ1v) is 12.3. The van der Waals surface area contributed by atoms with Gasteiger partial charge in [-0.2, -0.15) is 0 Å². The fourth-order valence-electron chi connectivity index (χ4n) is 3.72.